The lowest BCUT2D eigenvalue weighted by Crippen LogP contribution is -2.25. The van der Waals surface area contributed by atoms with Crippen LogP contribution in [-0.4, -0.2) is 42.3 Å². The van der Waals surface area contributed by atoms with E-state index in [9.17, 15) is 5.11 Å². The lowest BCUT2D eigenvalue weighted by Gasteiger charge is -2.25. The van der Waals surface area contributed by atoms with Gasteiger partial charge in [-0.25, -0.2) is 4.98 Å². The maximum atomic E-state index is 9.69. The van der Waals surface area contributed by atoms with Crippen molar-refractivity contribution in [3.8, 4) is 5.95 Å². The third-order valence-corrected chi connectivity index (χ3v) is 3.80. The van der Waals surface area contributed by atoms with E-state index < -0.39 is 0 Å². The average Bonchev–Trinajstić information content (AvgIpc) is 2.99. The number of aliphatic hydroxyl groups excluding tert-OH is 1. The number of aliphatic hydroxyl groups is 1. The van der Waals surface area contributed by atoms with Crippen molar-refractivity contribution in [3.05, 3.63) is 24.0 Å². The zero-order valence-corrected chi connectivity index (χ0v) is 12.2. The van der Waals surface area contributed by atoms with Crippen LogP contribution in [0.25, 0.3) is 5.95 Å². The third-order valence-electron chi connectivity index (χ3n) is 3.64. The van der Waals surface area contributed by atoms with Crippen molar-refractivity contribution in [2.75, 3.05) is 11.9 Å². The van der Waals surface area contributed by atoms with Crippen molar-refractivity contribution in [2.45, 2.75) is 31.8 Å². The molecule has 1 fully saturated rings. The molecule has 0 aliphatic heterocycles. The van der Waals surface area contributed by atoms with Crippen LogP contribution in [0.4, 0.5) is 5.95 Å². The molecule has 3 rings (SSSR count). The molecule has 0 amide bonds. The number of rotatable bonds is 4. The van der Waals surface area contributed by atoms with E-state index in [1.54, 1.807) is 23.3 Å². The second kappa shape index (κ2) is 6.36. The summed E-state index contributed by atoms with van der Waals surface area (Å²) in [6.45, 7) is 0.723. The normalized spacial score (nSPS) is 22.2. The van der Waals surface area contributed by atoms with Crippen LogP contribution in [0.5, 0.6) is 0 Å². The summed E-state index contributed by atoms with van der Waals surface area (Å²) in [5, 5.41) is 13.0. The molecule has 2 N–H and O–H groups in total. The Hall–Kier alpha value is -1.73. The number of hydrogen-bond donors (Lipinski definition) is 2. The highest BCUT2D eigenvalue weighted by Gasteiger charge is 2.20. The van der Waals surface area contributed by atoms with E-state index >= 15 is 0 Å². The Balaban J connectivity index is 1.68. The number of halogens is 1. The first-order valence-electron chi connectivity index (χ1n) is 7.02. The zero-order chi connectivity index (χ0) is 14.7. The van der Waals surface area contributed by atoms with Gasteiger partial charge in [0, 0.05) is 18.9 Å². The molecule has 2 heterocycles. The molecular weight excluding hydrogens is 292 g/mol. The average molecular weight is 309 g/mol. The van der Waals surface area contributed by atoms with Gasteiger partial charge in [0.15, 0.2) is 0 Å². The van der Waals surface area contributed by atoms with Gasteiger partial charge in [-0.2, -0.15) is 15.0 Å². The van der Waals surface area contributed by atoms with Gasteiger partial charge in [-0.05, 0) is 36.8 Å². The highest BCUT2D eigenvalue weighted by molar-refractivity contribution is 6.28. The highest BCUT2D eigenvalue weighted by Crippen LogP contribution is 2.24. The minimum Gasteiger partial charge on any atom is -0.393 e. The summed E-state index contributed by atoms with van der Waals surface area (Å²) in [6.07, 6.45) is 8.70. The van der Waals surface area contributed by atoms with Gasteiger partial charge in [-0.15, -0.1) is 0 Å². The van der Waals surface area contributed by atoms with Crippen LogP contribution in [0.3, 0.4) is 0 Å². The summed E-state index contributed by atoms with van der Waals surface area (Å²) in [5.41, 5.74) is 0. The molecule has 0 bridgehead atoms. The first-order valence-corrected chi connectivity index (χ1v) is 7.40. The van der Waals surface area contributed by atoms with Crippen molar-refractivity contribution >= 4 is 17.5 Å². The van der Waals surface area contributed by atoms with Gasteiger partial charge in [-0.1, -0.05) is 6.42 Å². The molecular formula is C13H17ClN6O. The molecule has 2 aromatic rings. The Morgan fingerprint density at radius 2 is 2.24 bits per heavy atom. The maximum absolute atomic E-state index is 9.69. The van der Waals surface area contributed by atoms with Crippen molar-refractivity contribution in [1.29, 1.82) is 0 Å². The van der Waals surface area contributed by atoms with Gasteiger partial charge in [0.2, 0.25) is 17.2 Å². The minimum atomic E-state index is -0.186. The number of imidazole rings is 1. The summed E-state index contributed by atoms with van der Waals surface area (Å²) in [4.78, 5) is 16.4. The van der Waals surface area contributed by atoms with Crippen LogP contribution in [-0.2, 0) is 0 Å². The fraction of sp³-hybridized carbons (Fsp3) is 0.538. The largest absolute Gasteiger partial charge is 0.393 e. The predicted octanol–water partition coefficient (Wildman–Crippen LogP) is 1.67. The molecule has 2 unspecified atom stereocenters. The number of aromatic nitrogens is 5. The Bertz CT molecular complexity index is 590. The van der Waals surface area contributed by atoms with E-state index in [-0.39, 0.29) is 11.4 Å². The first kappa shape index (κ1) is 14.2. The van der Waals surface area contributed by atoms with E-state index in [0.717, 1.165) is 32.2 Å². The molecule has 0 spiro atoms. The minimum absolute atomic E-state index is 0.139. The van der Waals surface area contributed by atoms with Crippen LogP contribution in [0.1, 0.15) is 25.7 Å². The molecule has 0 radical (unpaired) electrons. The van der Waals surface area contributed by atoms with Gasteiger partial charge < -0.3 is 10.4 Å². The Labute approximate surface area is 127 Å². The molecule has 21 heavy (non-hydrogen) atoms. The lowest BCUT2D eigenvalue weighted by molar-refractivity contribution is 0.104. The van der Waals surface area contributed by atoms with E-state index in [2.05, 4.69) is 25.3 Å². The van der Waals surface area contributed by atoms with Gasteiger partial charge in [-0.3, -0.25) is 4.57 Å². The summed E-state index contributed by atoms with van der Waals surface area (Å²) >= 11 is 5.94. The summed E-state index contributed by atoms with van der Waals surface area (Å²) in [6, 6.07) is 0. The van der Waals surface area contributed by atoms with Crippen LogP contribution in [0.15, 0.2) is 18.7 Å². The molecule has 0 aromatic carbocycles. The SMILES string of the molecule is OC1CCCC(CNc2nc(Cl)nc(-n3ccnc3)n2)C1. The standard InChI is InChI=1S/C13H17ClN6O/c14-11-17-12(16-7-9-2-1-3-10(21)6-9)19-13(18-11)20-5-4-15-8-20/h4-5,8-10,21H,1-3,6-7H2,(H,16,17,18,19). The first-order chi connectivity index (χ1) is 10.2. The molecule has 7 nitrogen and oxygen atoms in total. The molecule has 1 aliphatic rings. The molecule has 0 saturated heterocycles. The van der Waals surface area contributed by atoms with Crippen LogP contribution in [0.2, 0.25) is 5.28 Å². The smallest absolute Gasteiger partial charge is 0.241 e. The van der Waals surface area contributed by atoms with Gasteiger partial charge in [0.1, 0.15) is 6.33 Å². The van der Waals surface area contributed by atoms with E-state index in [0.29, 0.717) is 17.8 Å². The summed E-state index contributed by atoms with van der Waals surface area (Å²) in [5.74, 6) is 1.30. The molecule has 2 atom stereocenters. The molecule has 112 valence electrons. The van der Waals surface area contributed by atoms with E-state index in [4.69, 9.17) is 11.6 Å². The fourth-order valence-electron chi connectivity index (χ4n) is 2.60. The zero-order valence-electron chi connectivity index (χ0n) is 11.5. The predicted molar refractivity (Wildman–Crippen MR) is 78.4 cm³/mol. The number of nitrogens with zero attached hydrogens (tertiary/aromatic N) is 5. The summed E-state index contributed by atoms with van der Waals surface area (Å²) in [7, 11) is 0. The maximum Gasteiger partial charge on any atom is 0.241 e. The van der Waals surface area contributed by atoms with Crippen LogP contribution >= 0.6 is 11.6 Å². The van der Waals surface area contributed by atoms with Crippen LogP contribution < -0.4 is 5.32 Å². The topological polar surface area (TPSA) is 88.8 Å². The van der Waals surface area contributed by atoms with Gasteiger partial charge in [0.05, 0.1) is 6.10 Å². The van der Waals surface area contributed by atoms with Crippen molar-refractivity contribution in [3.63, 3.8) is 0 Å². The van der Waals surface area contributed by atoms with Crippen molar-refractivity contribution in [1.82, 2.24) is 24.5 Å². The quantitative estimate of drug-likeness (QED) is 0.893. The monoisotopic (exact) mass is 308 g/mol. The lowest BCUT2D eigenvalue weighted by atomic mass is 9.87. The molecule has 2 aromatic heterocycles. The van der Waals surface area contributed by atoms with E-state index in [1.807, 2.05) is 0 Å². The number of anilines is 1. The van der Waals surface area contributed by atoms with Gasteiger partial charge >= 0.3 is 0 Å². The van der Waals surface area contributed by atoms with Gasteiger partial charge in [0.25, 0.3) is 0 Å². The number of hydrogen-bond acceptors (Lipinski definition) is 6. The Morgan fingerprint density at radius 3 is 3.00 bits per heavy atom. The molecule has 1 aliphatic carbocycles. The second-order valence-corrected chi connectivity index (χ2v) is 5.60. The van der Waals surface area contributed by atoms with E-state index in [1.165, 1.54) is 0 Å². The third kappa shape index (κ3) is 3.68. The highest BCUT2D eigenvalue weighted by atomic mass is 35.5. The van der Waals surface area contributed by atoms with Crippen molar-refractivity contribution in [2.24, 2.45) is 5.92 Å². The molecule has 8 heteroatoms. The second-order valence-electron chi connectivity index (χ2n) is 5.27. The number of nitrogens with one attached hydrogen (secondary N) is 1. The van der Waals surface area contributed by atoms with Crippen molar-refractivity contribution < 1.29 is 5.11 Å². The fourth-order valence-corrected chi connectivity index (χ4v) is 2.75. The van der Waals surface area contributed by atoms with Crippen LogP contribution in [0, 0.1) is 5.92 Å². The molecule has 1 saturated carbocycles. The Morgan fingerprint density at radius 1 is 1.33 bits per heavy atom. The Kier molecular flexibility index (Phi) is 4.31. The summed E-state index contributed by atoms with van der Waals surface area (Å²) < 4.78 is 1.67.